The van der Waals surface area contributed by atoms with E-state index in [-0.39, 0.29) is 11.3 Å². The topological polar surface area (TPSA) is 109 Å². The van der Waals surface area contributed by atoms with Crippen LogP contribution in [0.5, 0.6) is 0 Å². The van der Waals surface area contributed by atoms with Crippen LogP contribution in [-0.4, -0.2) is 10.8 Å². The Bertz CT molecular complexity index is 1110. The van der Waals surface area contributed by atoms with Crippen LogP contribution < -0.4 is 5.32 Å². The summed E-state index contributed by atoms with van der Waals surface area (Å²) >= 11 is 0. The van der Waals surface area contributed by atoms with Gasteiger partial charge in [0, 0.05) is 29.5 Å². The van der Waals surface area contributed by atoms with Gasteiger partial charge in [0.15, 0.2) is 0 Å². The van der Waals surface area contributed by atoms with Gasteiger partial charge in [0.05, 0.1) is 4.92 Å². The summed E-state index contributed by atoms with van der Waals surface area (Å²) in [5.74, 6) is 0.269. The molecule has 0 bridgehead atoms. The third-order valence-electron chi connectivity index (χ3n) is 4.00. The summed E-state index contributed by atoms with van der Waals surface area (Å²) in [6.07, 6.45) is 1.35. The summed E-state index contributed by atoms with van der Waals surface area (Å²) in [7, 11) is 0. The van der Waals surface area contributed by atoms with Crippen LogP contribution in [0.4, 0.5) is 11.4 Å². The molecule has 3 rings (SSSR count). The van der Waals surface area contributed by atoms with Gasteiger partial charge in [-0.05, 0) is 42.8 Å². The fourth-order valence-corrected chi connectivity index (χ4v) is 2.62. The molecule has 0 aliphatic carbocycles. The van der Waals surface area contributed by atoms with Gasteiger partial charge in [-0.1, -0.05) is 18.2 Å². The molecule has 0 atom stereocenters. The minimum absolute atomic E-state index is 0.00252. The summed E-state index contributed by atoms with van der Waals surface area (Å²) in [6.45, 7) is 1.74. The molecular formula is C21H15N3O4. The first-order valence-electron chi connectivity index (χ1n) is 8.31. The fourth-order valence-electron chi connectivity index (χ4n) is 2.62. The molecule has 0 saturated heterocycles. The van der Waals surface area contributed by atoms with Crippen molar-refractivity contribution in [3.05, 3.63) is 87.7 Å². The second-order valence-electron chi connectivity index (χ2n) is 5.95. The maximum Gasteiger partial charge on any atom is 0.269 e. The Balaban J connectivity index is 1.83. The Morgan fingerprint density at radius 2 is 1.93 bits per heavy atom. The first-order valence-corrected chi connectivity index (χ1v) is 8.31. The van der Waals surface area contributed by atoms with Crippen molar-refractivity contribution < 1.29 is 14.1 Å². The molecule has 1 heterocycles. The number of rotatable bonds is 5. The van der Waals surface area contributed by atoms with Gasteiger partial charge in [0.25, 0.3) is 11.6 Å². The van der Waals surface area contributed by atoms with E-state index in [1.54, 1.807) is 49.4 Å². The van der Waals surface area contributed by atoms with Gasteiger partial charge >= 0.3 is 0 Å². The van der Waals surface area contributed by atoms with E-state index < -0.39 is 10.8 Å². The number of hydrogen-bond acceptors (Lipinski definition) is 5. The average molecular weight is 373 g/mol. The van der Waals surface area contributed by atoms with Crippen molar-refractivity contribution in [3.63, 3.8) is 0 Å². The lowest BCUT2D eigenvalue weighted by Gasteiger charge is -2.03. The third kappa shape index (κ3) is 4.14. The number of nitro groups is 1. The Morgan fingerprint density at radius 1 is 1.18 bits per heavy atom. The van der Waals surface area contributed by atoms with Crippen LogP contribution in [0.25, 0.3) is 17.4 Å². The molecule has 0 radical (unpaired) electrons. The highest BCUT2D eigenvalue weighted by Crippen LogP contribution is 2.29. The van der Waals surface area contributed by atoms with E-state index in [4.69, 9.17) is 4.42 Å². The monoisotopic (exact) mass is 373 g/mol. The molecule has 3 aromatic rings. The van der Waals surface area contributed by atoms with Gasteiger partial charge in [-0.3, -0.25) is 14.9 Å². The van der Waals surface area contributed by atoms with Gasteiger partial charge in [-0.15, -0.1) is 0 Å². The number of nitriles is 1. The van der Waals surface area contributed by atoms with E-state index >= 15 is 0 Å². The van der Waals surface area contributed by atoms with Crippen LogP contribution in [0.3, 0.4) is 0 Å². The minimum atomic E-state index is -0.543. The molecule has 1 amide bonds. The summed E-state index contributed by atoms with van der Waals surface area (Å²) in [6, 6.07) is 18.4. The molecule has 138 valence electrons. The number of aryl methyl sites for hydroxylation is 1. The lowest BCUT2D eigenvalue weighted by molar-refractivity contribution is -0.384. The van der Waals surface area contributed by atoms with E-state index in [1.807, 2.05) is 12.1 Å². The number of nitro benzene ring substituents is 1. The maximum absolute atomic E-state index is 12.3. The molecule has 0 spiro atoms. The number of non-ortho nitro benzene ring substituents is 1. The molecule has 2 aromatic carbocycles. The summed E-state index contributed by atoms with van der Waals surface area (Å²) in [5, 5.41) is 22.8. The van der Waals surface area contributed by atoms with Crippen molar-refractivity contribution in [1.82, 2.24) is 0 Å². The maximum atomic E-state index is 12.3. The van der Waals surface area contributed by atoms with Crippen molar-refractivity contribution in [1.29, 1.82) is 5.26 Å². The number of anilines is 1. The van der Waals surface area contributed by atoms with Gasteiger partial charge in [-0.2, -0.15) is 5.26 Å². The van der Waals surface area contributed by atoms with Crippen molar-refractivity contribution in [2.45, 2.75) is 6.92 Å². The molecular weight excluding hydrogens is 358 g/mol. The van der Waals surface area contributed by atoms with E-state index in [1.165, 1.54) is 18.2 Å². The molecule has 0 aliphatic rings. The molecule has 7 heteroatoms. The first-order chi connectivity index (χ1) is 13.5. The largest absolute Gasteiger partial charge is 0.457 e. The number of nitrogens with one attached hydrogen (secondary N) is 1. The number of hydrogen-bond donors (Lipinski definition) is 1. The molecule has 28 heavy (non-hydrogen) atoms. The number of carbonyl (C=O) groups excluding carboxylic acids is 1. The van der Waals surface area contributed by atoms with Crippen molar-refractivity contribution in [3.8, 4) is 17.4 Å². The SMILES string of the molecule is Cc1cc([N+](=O)[O-])ccc1-c1ccc(C=C(C#N)C(=O)Nc2ccccc2)o1. The van der Waals surface area contributed by atoms with E-state index in [2.05, 4.69) is 5.32 Å². The number of furan rings is 1. The van der Waals surface area contributed by atoms with Crippen molar-refractivity contribution >= 4 is 23.4 Å². The molecule has 1 N–H and O–H groups in total. The molecule has 7 nitrogen and oxygen atoms in total. The number of carbonyl (C=O) groups is 1. The van der Waals surface area contributed by atoms with E-state index in [0.29, 0.717) is 28.3 Å². The Morgan fingerprint density at radius 3 is 2.57 bits per heavy atom. The zero-order chi connectivity index (χ0) is 20.1. The summed E-state index contributed by atoms with van der Waals surface area (Å²) in [5.41, 5.74) is 1.84. The summed E-state index contributed by atoms with van der Waals surface area (Å²) < 4.78 is 5.71. The highest BCUT2D eigenvalue weighted by molar-refractivity contribution is 6.09. The number of benzene rings is 2. The molecule has 1 aromatic heterocycles. The zero-order valence-electron chi connectivity index (χ0n) is 14.9. The molecule has 0 unspecified atom stereocenters. The predicted octanol–water partition coefficient (Wildman–Crippen LogP) is 4.71. The highest BCUT2D eigenvalue weighted by Gasteiger charge is 2.14. The van der Waals surface area contributed by atoms with Crippen LogP contribution in [-0.2, 0) is 4.79 Å². The number of nitrogens with zero attached hydrogens (tertiary/aromatic N) is 2. The van der Waals surface area contributed by atoms with Crippen molar-refractivity contribution in [2.24, 2.45) is 0 Å². The quantitative estimate of drug-likeness (QED) is 0.301. The number of para-hydroxylation sites is 1. The molecule has 0 fully saturated rings. The Hall–Kier alpha value is -4.18. The second kappa shape index (κ2) is 8.01. The van der Waals surface area contributed by atoms with Crippen LogP contribution in [0.2, 0.25) is 0 Å². The van der Waals surface area contributed by atoms with Gasteiger partial charge < -0.3 is 9.73 Å². The van der Waals surface area contributed by atoms with E-state index in [9.17, 15) is 20.2 Å². The predicted molar refractivity (Wildman–Crippen MR) is 104 cm³/mol. The normalized spacial score (nSPS) is 10.9. The Kier molecular flexibility index (Phi) is 5.33. The standard InChI is InChI=1S/C21H15N3O4/c1-14-11-17(24(26)27)7-9-19(14)20-10-8-18(28-20)12-15(13-22)21(25)23-16-5-3-2-4-6-16/h2-12H,1H3,(H,23,25). The fraction of sp³-hybridized carbons (Fsp3) is 0.0476. The van der Waals surface area contributed by atoms with Gasteiger partial charge in [-0.25, -0.2) is 0 Å². The van der Waals surface area contributed by atoms with Crippen molar-refractivity contribution in [2.75, 3.05) is 5.32 Å². The average Bonchev–Trinajstić information content (AvgIpc) is 3.15. The van der Waals surface area contributed by atoms with Crippen LogP contribution >= 0.6 is 0 Å². The second-order valence-corrected chi connectivity index (χ2v) is 5.95. The minimum Gasteiger partial charge on any atom is -0.457 e. The number of amides is 1. The van der Waals surface area contributed by atoms with Gasteiger partial charge in [0.2, 0.25) is 0 Å². The van der Waals surface area contributed by atoms with E-state index in [0.717, 1.165) is 0 Å². The molecule has 0 aliphatic heterocycles. The first kappa shape index (κ1) is 18.6. The van der Waals surface area contributed by atoms with Gasteiger partial charge in [0.1, 0.15) is 23.2 Å². The lowest BCUT2D eigenvalue weighted by atomic mass is 10.1. The molecule has 0 saturated carbocycles. The smallest absolute Gasteiger partial charge is 0.269 e. The van der Waals surface area contributed by atoms with Crippen LogP contribution in [0.1, 0.15) is 11.3 Å². The summed E-state index contributed by atoms with van der Waals surface area (Å²) in [4.78, 5) is 22.7. The third-order valence-corrected chi connectivity index (χ3v) is 4.00. The van der Waals surface area contributed by atoms with Crippen LogP contribution in [0.15, 0.2) is 70.7 Å². The zero-order valence-corrected chi connectivity index (χ0v) is 14.9. The lowest BCUT2D eigenvalue weighted by Crippen LogP contribution is -2.13. The van der Waals surface area contributed by atoms with Crippen LogP contribution in [0, 0.1) is 28.4 Å². The Labute approximate surface area is 160 Å². The highest BCUT2D eigenvalue weighted by atomic mass is 16.6.